The fourth-order valence-corrected chi connectivity index (χ4v) is 2.96. The van der Waals surface area contributed by atoms with Gasteiger partial charge in [0.1, 0.15) is 11.5 Å². The van der Waals surface area contributed by atoms with Crippen LogP contribution in [0, 0.1) is 0 Å². The van der Waals surface area contributed by atoms with Crippen LogP contribution in [-0.4, -0.2) is 11.1 Å². The van der Waals surface area contributed by atoms with E-state index in [2.05, 4.69) is 0 Å². The Balaban J connectivity index is 1.79. The first kappa shape index (κ1) is 16.8. The van der Waals surface area contributed by atoms with E-state index in [4.69, 9.17) is 4.74 Å². The van der Waals surface area contributed by atoms with E-state index in [0.717, 1.165) is 22.6 Å². The van der Waals surface area contributed by atoms with E-state index < -0.39 is 11.9 Å². The number of carboxylic acid groups (broad SMARTS) is 1. The van der Waals surface area contributed by atoms with E-state index >= 15 is 0 Å². The zero-order valence-electron chi connectivity index (χ0n) is 14.0. The molecule has 0 spiro atoms. The van der Waals surface area contributed by atoms with Gasteiger partial charge >= 0.3 is 5.97 Å². The number of para-hydroxylation sites is 1. The van der Waals surface area contributed by atoms with Gasteiger partial charge in [0, 0.05) is 0 Å². The molecule has 2 unspecified atom stereocenters. The van der Waals surface area contributed by atoms with Gasteiger partial charge in [-0.2, -0.15) is 0 Å². The van der Waals surface area contributed by atoms with Crippen molar-refractivity contribution < 1.29 is 14.6 Å². The highest BCUT2D eigenvalue weighted by atomic mass is 16.5. The van der Waals surface area contributed by atoms with Gasteiger partial charge in [0.05, 0.1) is 5.92 Å². The van der Waals surface area contributed by atoms with E-state index in [-0.39, 0.29) is 5.92 Å². The van der Waals surface area contributed by atoms with Crippen LogP contribution in [0.15, 0.2) is 84.9 Å². The summed E-state index contributed by atoms with van der Waals surface area (Å²) >= 11 is 0. The quantitative estimate of drug-likeness (QED) is 0.653. The molecular formula is C22H20O3. The van der Waals surface area contributed by atoms with E-state index in [1.807, 2.05) is 91.9 Å². The lowest BCUT2D eigenvalue weighted by Gasteiger charge is -2.21. The normalized spacial score (nSPS) is 13.0. The lowest BCUT2D eigenvalue weighted by Crippen LogP contribution is -2.18. The zero-order valence-corrected chi connectivity index (χ0v) is 14.0. The van der Waals surface area contributed by atoms with Gasteiger partial charge in [0.25, 0.3) is 0 Å². The van der Waals surface area contributed by atoms with Crippen molar-refractivity contribution in [1.29, 1.82) is 0 Å². The third-order valence-corrected chi connectivity index (χ3v) is 4.31. The van der Waals surface area contributed by atoms with Gasteiger partial charge in [0.15, 0.2) is 0 Å². The molecule has 0 aromatic heterocycles. The molecule has 3 nitrogen and oxygen atoms in total. The number of benzene rings is 3. The molecule has 126 valence electrons. The summed E-state index contributed by atoms with van der Waals surface area (Å²) in [5.41, 5.74) is 1.78. The molecule has 25 heavy (non-hydrogen) atoms. The molecule has 3 aromatic rings. The van der Waals surface area contributed by atoms with Gasteiger partial charge in [0.2, 0.25) is 0 Å². The first-order chi connectivity index (χ1) is 12.1. The summed E-state index contributed by atoms with van der Waals surface area (Å²) < 4.78 is 5.79. The second-order valence-corrected chi connectivity index (χ2v) is 6.00. The average molecular weight is 332 g/mol. The monoisotopic (exact) mass is 332 g/mol. The number of carboxylic acids is 1. The second-order valence-electron chi connectivity index (χ2n) is 6.00. The first-order valence-corrected chi connectivity index (χ1v) is 8.26. The molecule has 0 bridgehead atoms. The molecule has 2 atom stereocenters. The van der Waals surface area contributed by atoms with Gasteiger partial charge in [-0.15, -0.1) is 0 Å². The second kappa shape index (κ2) is 7.67. The smallest absolute Gasteiger partial charge is 0.311 e. The van der Waals surface area contributed by atoms with Gasteiger partial charge in [-0.1, -0.05) is 67.6 Å². The SMILES string of the molecule is CC(c1ccc(Oc2ccccc2)cc1)C(C(=O)O)c1ccccc1. The summed E-state index contributed by atoms with van der Waals surface area (Å²) in [6.07, 6.45) is 0. The predicted octanol–water partition coefficient (Wildman–Crippen LogP) is 5.45. The van der Waals surface area contributed by atoms with Crippen LogP contribution in [0.3, 0.4) is 0 Å². The molecule has 0 amide bonds. The van der Waals surface area contributed by atoms with Crippen molar-refractivity contribution in [3.8, 4) is 11.5 Å². The van der Waals surface area contributed by atoms with E-state index in [9.17, 15) is 9.90 Å². The van der Waals surface area contributed by atoms with Gasteiger partial charge < -0.3 is 9.84 Å². The van der Waals surface area contributed by atoms with Crippen molar-refractivity contribution in [2.75, 3.05) is 0 Å². The molecule has 0 saturated heterocycles. The Bertz CT molecular complexity index is 811. The maximum absolute atomic E-state index is 11.8. The minimum absolute atomic E-state index is 0.148. The van der Waals surface area contributed by atoms with E-state index in [0.29, 0.717) is 0 Å². The maximum atomic E-state index is 11.8. The molecule has 3 aromatic carbocycles. The number of hydrogen-bond donors (Lipinski definition) is 1. The Morgan fingerprint density at radius 2 is 1.28 bits per heavy atom. The number of hydrogen-bond acceptors (Lipinski definition) is 2. The van der Waals surface area contributed by atoms with Crippen LogP contribution in [0.1, 0.15) is 29.9 Å². The topological polar surface area (TPSA) is 46.5 Å². The van der Waals surface area contributed by atoms with Crippen molar-refractivity contribution in [3.63, 3.8) is 0 Å². The lowest BCUT2D eigenvalue weighted by molar-refractivity contribution is -0.139. The van der Waals surface area contributed by atoms with Crippen LogP contribution in [0.25, 0.3) is 0 Å². The third-order valence-electron chi connectivity index (χ3n) is 4.31. The highest BCUT2D eigenvalue weighted by molar-refractivity contribution is 5.77. The van der Waals surface area contributed by atoms with Crippen molar-refractivity contribution >= 4 is 5.97 Å². The summed E-state index contributed by atoms with van der Waals surface area (Å²) in [6, 6.07) is 26.5. The predicted molar refractivity (Wildman–Crippen MR) is 98.2 cm³/mol. The maximum Gasteiger partial charge on any atom is 0.311 e. The Kier molecular flexibility index (Phi) is 5.14. The highest BCUT2D eigenvalue weighted by Gasteiger charge is 2.27. The fraction of sp³-hybridized carbons (Fsp3) is 0.136. The van der Waals surface area contributed by atoms with Gasteiger partial charge in [-0.3, -0.25) is 4.79 Å². The zero-order chi connectivity index (χ0) is 17.6. The fourth-order valence-electron chi connectivity index (χ4n) is 2.96. The average Bonchev–Trinajstić information content (AvgIpc) is 2.64. The summed E-state index contributed by atoms with van der Waals surface area (Å²) in [5.74, 6) is -0.0409. The van der Waals surface area contributed by atoms with Crippen LogP contribution >= 0.6 is 0 Å². The number of ether oxygens (including phenoxy) is 1. The summed E-state index contributed by atoms with van der Waals surface area (Å²) in [4.78, 5) is 11.8. The summed E-state index contributed by atoms with van der Waals surface area (Å²) in [6.45, 7) is 1.94. The Morgan fingerprint density at radius 1 is 0.760 bits per heavy atom. The molecular weight excluding hydrogens is 312 g/mol. The molecule has 0 saturated carbocycles. The van der Waals surface area contributed by atoms with Crippen LogP contribution in [0.2, 0.25) is 0 Å². The molecule has 0 aliphatic rings. The molecule has 0 fully saturated rings. The Hall–Kier alpha value is -3.07. The summed E-state index contributed by atoms with van der Waals surface area (Å²) in [7, 11) is 0. The van der Waals surface area contributed by atoms with Gasteiger partial charge in [-0.25, -0.2) is 0 Å². The molecule has 3 heteroatoms. The standard InChI is InChI=1S/C22H20O3/c1-16(21(22(23)24)18-8-4-2-5-9-18)17-12-14-20(15-13-17)25-19-10-6-3-7-11-19/h2-16,21H,1H3,(H,23,24). The molecule has 0 heterocycles. The largest absolute Gasteiger partial charge is 0.481 e. The van der Waals surface area contributed by atoms with Crippen LogP contribution in [-0.2, 0) is 4.79 Å². The summed E-state index contributed by atoms with van der Waals surface area (Å²) in [5, 5.41) is 9.68. The Labute approximate surface area is 147 Å². The van der Waals surface area contributed by atoms with E-state index in [1.165, 1.54) is 0 Å². The lowest BCUT2D eigenvalue weighted by atomic mass is 9.83. The van der Waals surface area contributed by atoms with Crippen LogP contribution in [0.5, 0.6) is 11.5 Å². The third kappa shape index (κ3) is 4.07. The van der Waals surface area contributed by atoms with Crippen LogP contribution < -0.4 is 4.74 Å². The van der Waals surface area contributed by atoms with Crippen molar-refractivity contribution in [2.45, 2.75) is 18.8 Å². The molecule has 0 aliphatic heterocycles. The van der Waals surface area contributed by atoms with E-state index in [1.54, 1.807) is 0 Å². The van der Waals surface area contributed by atoms with Crippen molar-refractivity contribution in [3.05, 3.63) is 96.1 Å². The highest BCUT2D eigenvalue weighted by Crippen LogP contribution is 2.34. The molecule has 1 N–H and O–H groups in total. The van der Waals surface area contributed by atoms with Crippen molar-refractivity contribution in [1.82, 2.24) is 0 Å². The van der Waals surface area contributed by atoms with Gasteiger partial charge in [-0.05, 0) is 41.3 Å². The van der Waals surface area contributed by atoms with Crippen LogP contribution in [0.4, 0.5) is 0 Å². The van der Waals surface area contributed by atoms with Crippen molar-refractivity contribution in [2.24, 2.45) is 0 Å². The number of carbonyl (C=O) groups is 1. The minimum atomic E-state index is -0.816. The number of aliphatic carboxylic acids is 1. The molecule has 0 radical (unpaired) electrons. The Morgan fingerprint density at radius 3 is 1.84 bits per heavy atom. The minimum Gasteiger partial charge on any atom is -0.481 e. The molecule has 3 rings (SSSR count). The molecule has 0 aliphatic carbocycles. The first-order valence-electron chi connectivity index (χ1n) is 8.26. The number of rotatable bonds is 6.